The second kappa shape index (κ2) is 9.58. The molecule has 40 heavy (non-hydrogen) atoms. The monoisotopic (exact) mass is 556 g/mol. The maximum Gasteiger partial charge on any atom is 0.250 e. The predicted molar refractivity (Wildman–Crippen MR) is 141 cm³/mol. The highest BCUT2D eigenvalue weighted by Gasteiger charge is 2.52. The number of piperidine rings is 1. The van der Waals surface area contributed by atoms with Gasteiger partial charge < -0.3 is 25.7 Å². The smallest absolute Gasteiger partial charge is 0.250 e. The number of imidazole rings is 1. The highest BCUT2D eigenvalue weighted by Crippen LogP contribution is 2.46. The number of hydrogen-bond acceptors (Lipinski definition) is 8. The van der Waals surface area contributed by atoms with Gasteiger partial charge in [-0.1, -0.05) is 0 Å². The van der Waals surface area contributed by atoms with Crippen LogP contribution in [-0.2, 0) is 6.54 Å². The van der Waals surface area contributed by atoms with E-state index in [1.165, 1.54) is 13.4 Å². The summed E-state index contributed by atoms with van der Waals surface area (Å²) in [5, 5.41) is 0. The Kier molecular flexibility index (Phi) is 6.28. The molecule has 1 aromatic carbocycles. The summed E-state index contributed by atoms with van der Waals surface area (Å²) in [6.45, 7) is 0.809. The Balaban J connectivity index is 1.47. The van der Waals surface area contributed by atoms with Crippen molar-refractivity contribution in [3.05, 3.63) is 54.2 Å². The van der Waals surface area contributed by atoms with E-state index in [0.717, 1.165) is 12.1 Å². The molecule has 4 heterocycles. The predicted octanol–water partition coefficient (Wildman–Crippen LogP) is 4.29. The normalized spacial score (nSPS) is 22.4. The first-order valence-electron chi connectivity index (χ1n) is 13.0. The molecule has 0 amide bonds. The maximum atomic E-state index is 15.0. The molecule has 2 aliphatic rings. The number of aromatic nitrogens is 5. The molecular formula is C27H28F4N8O. The number of methoxy groups -OCH3 is 1. The van der Waals surface area contributed by atoms with E-state index in [1.807, 2.05) is 4.90 Å². The molecule has 1 unspecified atom stereocenters. The molecule has 0 radical (unpaired) electrons. The van der Waals surface area contributed by atoms with Crippen LogP contribution in [0.15, 0.2) is 37.1 Å². The zero-order valence-corrected chi connectivity index (χ0v) is 21.7. The topological polar surface area (TPSA) is 121 Å². The lowest BCUT2D eigenvalue weighted by atomic mass is 9.70. The highest BCUT2D eigenvalue weighted by atomic mass is 19.3. The van der Waals surface area contributed by atoms with E-state index in [-0.39, 0.29) is 54.7 Å². The number of nitrogens with zero attached hydrogens (tertiary/aromatic N) is 6. The summed E-state index contributed by atoms with van der Waals surface area (Å²) in [7, 11) is 1.26. The molecule has 4 N–H and O–H groups in total. The van der Waals surface area contributed by atoms with Gasteiger partial charge in [0.25, 0.3) is 0 Å². The van der Waals surface area contributed by atoms with Crippen molar-refractivity contribution >= 4 is 22.7 Å². The molecule has 6 rings (SSSR count). The lowest BCUT2D eigenvalue weighted by Gasteiger charge is -2.53. The van der Waals surface area contributed by atoms with Crippen molar-refractivity contribution in [3.63, 3.8) is 0 Å². The SMILES string of the molecule is COc1cc(F)c(-c2cc(Cn3cnc4c(N)ncnc43)c(N3CCC[C@]4(N)CC(F)(F)CCC34)cn2)cc1F. The molecule has 1 aliphatic carbocycles. The lowest BCUT2D eigenvalue weighted by molar-refractivity contribution is -0.0710. The fourth-order valence-corrected chi connectivity index (χ4v) is 6.17. The van der Waals surface area contributed by atoms with Gasteiger partial charge in [-0.2, -0.15) is 0 Å². The van der Waals surface area contributed by atoms with Crippen LogP contribution < -0.4 is 21.1 Å². The van der Waals surface area contributed by atoms with Crippen LogP contribution >= 0.6 is 0 Å². The Morgan fingerprint density at radius 3 is 2.70 bits per heavy atom. The van der Waals surface area contributed by atoms with E-state index < -0.39 is 23.1 Å². The Labute approximate surface area is 227 Å². The minimum atomic E-state index is -2.81. The van der Waals surface area contributed by atoms with Crippen LogP contribution in [0.1, 0.15) is 37.7 Å². The van der Waals surface area contributed by atoms with Gasteiger partial charge in [0.2, 0.25) is 5.92 Å². The number of ether oxygens (including phenoxy) is 1. The van der Waals surface area contributed by atoms with Crippen LogP contribution in [0, 0.1) is 11.6 Å². The third-order valence-corrected chi connectivity index (χ3v) is 8.02. The van der Waals surface area contributed by atoms with Gasteiger partial charge in [0.05, 0.1) is 37.6 Å². The van der Waals surface area contributed by atoms with Crippen LogP contribution in [-0.4, -0.2) is 55.7 Å². The molecule has 3 aromatic heterocycles. The van der Waals surface area contributed by atoms with Gasteiger partial charge in [-0.3, -0.25) is 4.98 Å². The van der Waals surface area contributed by atoms with Crippen molar-refractivity contribution in [2.75, 3.05) is 24.3 Å². The first-order chi connectivity index (χ1) is 19.1. The molecule has 4 aromatic rings. The molecule has 1 aliphatic heterocycles. The van der Waals surface area contributed by atoms with Gasteiger partial charge in [-0.15, -0.1) is 0 Å². The van der Waals surface area contributed by atoms with Crippen molar-refractivity contribution in [3.8, 4) is 17.0 Å². The van der Waals surface area contributed by atoms with Crippen molar-refractivity contribution in [2.45, 2.75) is 56.2 Å². The van der Waals surface area contributed by atoms with Crippen LogP contribution in [0.4, 0.5) is 29.1 Å². The molecule has 1 saturated heterocycles. The molecule has 2 fully saturated rings. The molecule has 0 spiro atoms. The van der Waals surface area contributed by atoms with E-state index in [4.69, 9.17) is 16.2 Å². The standard InChI is InChI=1S/C27H28F4N8O/c1-40-21-9-17(28)16(8-18(21)29)19-7-15(11-38-14-37-23-24(32)35-13-36-25(23)38)20(10-34-19)39-6-2-4-26(33)12-27(30,31)5-3-22(26)39/h7-10,13-14,22H,2-6,11-12,33H2,1H3,(H2,32,35,36)/t22?,26-/m0/s1. The van der Waals surface area contributed by atoms with Crippen LogP contribution in [0.3, 0.4) is 0 Å². The minimum Gasteiger partial charge on any atom is -0.494 e. The van der Waals surface area contributed by atoms with Gasteiger partial charge in [-0.25, -0.2) is 32.5 Å². The summed E-state index contributed by atoms with van der Waals surface area (Å²) in [6.07, 6.45) is 5.17. The van der Waals surface area contributed by atoms with Crippen molar-refractivity contribution in [1.29, 1.82) is 0 Å². The summed E-state index contributed by atoms with van der Waals surface area (Å²) in [5.41, 5.74) is 14.0. The molecule has 2 atom stereocenters. The zero-order chi connectivity index (χ0) is 28.2. The number of anilines is 2. The largest absolute Gasteiger partial charge is 0.494 e. The number of pyridine rings is 1. The third-order valence-electron chi connectivity index (χ3n) is 8.02. The van der Waals surface area contributed by atoms with Gasteiger partial charge >= 0.3 is 0 Å². The summed E-state index contributed by atoms with van der Waals surface area (Å²) in [4.78, 5) is 19.2. The number of halogens is 4. The quantitative estimate of drug-likeness (QED) is 0.349. The maximum absolute atomic E-state index is 15.0. The van der Waals surface area contributed by atoms with Gasteiger partial charge in [0.15, 0.2) is 23.0 Å². The number of rotatable bonds is 5. The first kappa shape index (κ1) is 26.2. The van der Waals surface area contributed by atoms with Gasteiger partial charge in [0, 0.05) is 42.6 Å². The van der Waals surface area contributed by atoms with E-state index >= 15 is 4.39 Å². The zero-order valence-electron chi connectivity index (χ0n) is 21.7. The average molecular weight is 557 g/mol. The Hall–Kier alpha value is -4.00. The number of fused-ring (bicyclic) bond motifs is 2. The minimum absolute atomic E-state index is 0.0442. The van der Waals surface area contributed by atoms with Crippen molar-refractivity contribution < 1.29 is 22.3 Å². The van der Waals surface area contributed by atoms with E-state index in [0.29, 0.717) is 41.8 Å². The molecule has 1 saturated carbocycles. The Morgan fingerprint density at radius 2 is 1.90 bits per heavy atom. The third kappa shape index (κ3) is 4.47. The van der Waals surface area contributed by atoms with Crippen LogP contribution in [0.25, 0.3) is 22.4 Å². The summed E-state index contributed by atoms with van der Waals surface area (Å²) in [6, 6.07) is 3.34. The average Bonchev–Trinajstić information content (AvgIpc) is 3.32. The van der Waals surface area contributed by atoms with Crippen LogP contribution in [0.5, 0.6) is 5.75 Å². The van der Waals surface area contributed by atoms with E-state index in [1.54, 1.807) is 23.2 Å². The number of nitrogens with two attached hydrogens (primary N) is 2. The van der Waals surface area contributed by atoms with E-state index in [9.17, 15) is 13.2 Å². The molecular weight excluding hydrogens is 528 g/mol. The highest BCUT2D eigenvalue weighted by molar-refractivity contribution is 5.81. The fraction of sp³-hybridized carbons (Fsp3) is 0.407. The molecule has 9 nitrogen and oxygen atoms in total. The van der Waals surface area contributed by atoms with Gasteiger partial charge in [-0.05, 0) is 37.0 Å². The molecule has 210 valence electrons. The summed E-state index contributed by atoms with van der Waals surface area (Å²) >= 11 is 0. The van der Waals surface area contributed by atoms with Gasteiger partial charge in [0.1, 0.15) is 17.7 Å². The summed E-state index contributed by atoms with van der Waals surface area (Å²) < 4.78 is 65.1. The van der Waals surface area contributed by atoms with Crippen molar-refractivity contribution in [1.82, 2.24) is 24.5 Å². The second-order valence-electron chi connectivity index (χ2n) is 10.6. The summed E-state index contributed by atoms with van der Waals surface area (Å²) in [5.74, 6) is -4.24. The van der Waals surface area contributed by atoms with Crippen molar-refractivity contribution in [2.24, 2.45) is 5.73 Å². The second-order valence-corrected chi connectivity index (χ2v) is 10.6. The molecule has 0 bridgehead atoms. The number of benzene rings is 1. The number of hydrogen-bond donors (Lipinski definition) is 2. The molecule has 13 heteroatoms. The fourth-order valence-electron chi connectivity index (χ4n) is 6.17. The Morgan fingerprint density at radius 1 is 1.07 bits per heavy atom. The first-order valence-corrected chi connectivity index (χ1v) is 13.0. The van der Waals surface area contributed by atoms with Crippen LogP contribution in [0.2, 0.25) is 0 Å². The number of alkyl halides is 2. The lowest BCUT2D eigenvalue weighted by Crippen LogP contribution is -2.66. The number of nitrogen functional groups attached to an aromatic ring is 1. The van der Waals surface area contributed by atoms with E-state index in [2.05, 4.69) is 19.9 Å². The Bertz CT molecular complexity index is 1590.